The van der Waals surface area contributed by atoms with Gasteiger partial charge in [0.15, 0.2) is 0 Å². The van der Waals surface area contributed by atoms with Gasteiger partial charge in [-0.05, 0) is 49.6 Å². The maximum absolute atomic E-state index is 12.0. The first-order valence-corrected chi connectivity index (χ1v) is 7.66. The highest BCUT2D eigenvalue weighted by molar-refractivity contribution is 7.18. The molecule has 2 heterocycles. The van der Waals surface area contributed by atoms with Crippen LogP contribution in [0.15, 0.2) is 36.7 Å². The molecular weight excluding hydrogens is 294 g/mol. The molecule has 0 saturated carbocycles. The Kier molecular flexibility index (Phi) is 5.71. The van der Waals surface area contributed by atoms with Gasteiger partial charge in [-0.15, -0.1) is 11.3 Å². The Morgan fingerprint density at radius 3 is 2.75 bits per heavy atom. The molecule has 0 amide bonds. The van der Waals surface area contributed by atoms with Crippen molar-refractivity contribution in [1.29, 1.82) is 0 Å². The number of pyridine rings is 1. The molecule has 1 atom stereocenters. The molecule has 0 saturated heterocycles. The van der Waals surface area contributed by atoms with Crippen LogP contribution in [0.4, 0.5) is 0 Å². The second-order valence-electron chi connectivity index (χ2n) is 4.44. The fourth-order valence-corrected chi connectivity index (χ4v) is 2.87. The molecule has 20 heavy (non-hydrogen) atoms. The minimum atomic E-state index is -0.429. The molecule has 2 aromatic rings. The number of nitrogens with zero attached hydrogens (tertiary/aromatic N) is 1. The van der Waals surface area contributed by atoms with Crippen molar-refractivity contribution in [2.45, 2.75) is 25.9 Å². The van der Waals surface area contributed by atoms with Crippen molar-refractivity contribution in [3.8, 4) is 0 Å². The van der Waals surface area contributed by atoms with E-state index in [0.717, 1.165) is 12.8 Å². The van der Waals surface area contributed by atoms with E-state index in [1.165, 1.54) is 16.9 Å². The molecule has 0 radical (unpaired) electrons. The second kappa shape index (κ2) is 7.53. The number of ether oxygens (including phenoxy) is 1. The summed E-state index contributed by atoms with van der Waals surface area (Å²) in [5, 5.41) is 0. The number of Topliss-reactive ketones (excluding diaryl/α,β-unsaturated/α-hetero) is 1. The van der Waals surface area contributed by atoms with Gasteiger partial charge >= 0.3 is 0 Å². The maximum atomic E-state index is 12.0. The van der Waals surface area contributed by atoms with Crippen LogP contribution in [0.5, 0.6) is 0 Å². The zero-order valence-electron chi connectivity index (χ0n) is 11.2. The first-order chi connectivity index (χ1) is 9.66. The number of aromatic nitrogens is 1. The summed E-state index contributed by atoms with van der Waals surface area (Å²) in [6.45, 7) is 2.34. The summed E-state index contributed by atoms with van der Waals surface area (Å²) in [6.07, 6.45) is 4.94. The van der Waals surface area contributed by atoms with Crippen molar-refractivity contribution < 1.29 is 9.53 Å². The summed E-state index contributed by atoms with van der Waals surface area (Å²) in [7, 11) is 0. The standard InChI is InChI=1S/C15H16ClNO2S/c1-11(15(18)13-4-5-14(16)20-13)19-10-2-3-12-6-8-17-9-7-12/h4-9,11H,2-3,10H2,1H3. The lowest BCUT2D eigenvalue weighted by molar-refractivity contribution is 0.0474. The zero-order valence-corrected chi connectivity index (χ0v) is 12.8. The highest BCUT2D eigenvalue weighted by Crippen LogP contribution is 2.23. The average Bonchev–Trinajstić information content (AvgIpc) is 2.90. The number of hydrogen-bond acceptors (Lipinski definition) is 4. The highest BCUT2D eigenvalue weighted by atomic mass is 35.5. The fourth-order valence-electron chi connectivity index (χ4n) is 1.81. The lowest BCUT2D eigenvalue weighted by atomic mass is 10.1. The highest BCUT2D eigenvalue weighted by Gasteiger charge is 2.17. The van der Waals surface area contributed by atoms with Crippen LogP contribution in [-0.2, 0) is 11.2 Å². The topological polar surface area (TPSA) is 39.2 Å². The molecule has 3 nitrogen and oxygen atoms in total. The predicted octanol–water partition coefficient (Wildman–Crippen LogP) is 4.02. The minimum absolute atomic E-state index is 0.00851. The lowest BCUT2D eigenvalue weighted by Crippen LogP contribution is -2.20. The normalized spacial score (nSPS) is 12.3. The number of hydrogen-bond donors (Lipinski definition) is 0. The molecule has 106 valence electrons. The second-order valence-corrected chi connectivity index (χ2v) is 6.16. The number of carbonyl (C=O) groups is 1. The van der Waals surface area contributed by atoms with E-state index in [4.69, 9.17) is 16.3 Å². The summed E-state index contributed by atoms with van der Waals surface area (Å²) in [5.41, 5.74) is 1.23. The van der Waals surface area contributed by atoms with E-state index >= 15 is 0 Å². The van der Waals surface area contributed by atoms with Gasteiger partial charge in [-0.1, -0.05) is 11.6 Å². The van der Waals surface area contributed by atoms with Crippen LogP contribution in [0.1, 0.15) is 28.6 Å². The molecule has 5 heteroatoms. The van der Waals surface area contributed by atoms with Gasteiger partial charge in [0.05, 0.1) is 9.21 Å². The quantitative estimate of drug-likeness (QED) is 0.573. The van der Waals surface area contributed by atoms with Crippen LogP contribution < -0.4 is 0 Å². The molecule has 1 unspecified atom stereocenters. The van der Waals surface area contributed by atoms with Crippen molar-refractivity contribution in [2.24, 2.45) is 0 Å². The molecule has 0 aromatic carbocycles. The van der Waals surface area contributed by atoms with Gasteiger partial charge in [0.2, 0.25) is 5.78 Å². The van der Waals surface area contributed by atoms with E-state index in [1.54, 1.807) is 31.5 Å². The van der Waals surface area contributed by atoms with E-state index < -0.39 is 6.10 Å². The van der Waals surface area contributed by atoms with Gasteiger partial charge in [0.1, 0.15) is 6.10 Å². The fraction of sp³-hybridized carbons (Fsp3) is 0.333. The summed E-state index contributed by atoms with van der Waals surface area (Å²) in [5.74, 6) is -0.00851. The van der Waals surface area contributed by atoms with Crippen LogP contribution in [0.25, 0.3) is 0 Å². The molecule has 0 spiro atoms. The predicted molar refractivity (Wildman–Crippen MR) is 81.6 cm³/mol. The Balaban J connectivity index is 1.72. The van der Waals surface area contributed by atoms with Gasteiger partial charge in [-0.25, -0.2) is 0 Å². The van der Waals surface area contributed by atoms with Gasteiger partial charge < -0.3 is 4.74 Å². The van der Waals surface area contributed by atoms with E-state index in [2.05, 4.69) is 4.98 Å². The third kappa shape index (κ3) is 4.40. The molecule has 0 N–H and O–H groups in total. The Labute approximate surface area is 127 Å². The first-order valence-electron chi connectivity index (χ1n) is 6.47. The Morgan fingerprint density at radius 1 is 1.35 bits per heavy atom. The molecule has 0 aliphatic heterocycles. The number of ketones is 1. The van der Waals surface area contributed by atoms with Crippen LogP contribution in [0, 0.1) is 0 Å². The molecule has 2 aromatic heterocycles. The number of carbonyl (C=O) groups excluding carboxylic acids is 1. The largest absolute Gasteiger partial charge is 0.370 e. The van der Waals surface area contributed by atoms with Crippen molar-refractivity contribution in [2.75, 3.05) is 6.61 Å². The van der Waals surface area contributed by atoms with Gasteiger partial charge in [-0.3, -0.25) is 9.78 Å². The SMILES string of the molecule is CC(OCCCc1ccncc1)C(=O)c1ccc(Cl)s1. The maximum Gasteiger partial charge on any atom is 0.201 e. The molecule has 0 aliphatic carbocycles. The molecular formula is C15H16ClNO2S. The van der Waals surface area contributed by atoms with E-state index in [1.807, 2.05) is 12.1 Å². The number of aryl methyl sites for hydroxylation is 1. The van der Waals surface area contributed by atoms with Gasteiger partial charge in [0, 0.05) is 19.0 Å². The number of halogens is 1. The number of thiophene rings is 1. The Bertz CT molecular complexity index is 556. The van der Waals surface area contributed by atoms with Crippen molar-refractivity contribution in [3.63, 3.8) is 0 Å². The van der Waals surface area contributed by atoms with E-state index in [0.29, 0.717) is 15.8 Å². The monoisotopic (exact) mass is 309 g/mol. The van der Waals surface area contributed by atoms with Gasteiger partial charge in [0.25, 0.3) is 0 Å². The molecule has 0 fully saturated rings. The lowest BCUT2D eigenvalue weighted by Gasteiger charge is -2.10. The minimum Gasteiger partial charge on any atom is -0.370 e. The van der Waals surface area contributed by atoms with E-state index in [9.17, 15) is 4.79 Å². The smallest absolute Gasteiger partial charge is 0.201 e. The third-order valence-corrected chi connectivity index (χ3v) is 4.16. The van der Waals surface area contributed by atoms with Crippen LogP contribution >= 0.6 is 22.9 Å². The molecule has 0 bridgehead atoms. The summed E-state index contributed by atoms with van der Waals surface area (Å²) in [4.78, 5) is 16.7. The number of rotatable bonds is 7. The van der Waals surface area contributed by atoms with Crippen molar-refractivity contribution >= 4 is 28.7 Å². The molecule has 0 aliphatic rings. The van der Waals surface area contributed by atoms with Crippen LogP contribution in [0.3, 0.4) is 0 Å². The Hall–Kier alpha value is -1.23. The van der Waals surface area contributed by atoms with Crippen molar-refractivity contribution in [1.82, 2.24) is 4.98 Å². The molecule has 2 rings (SSSR count). The summed E-state index contributed by atoms with van der Waals surface area (Å²) < 4.78 is 6.21. The van der Waals surface area contributed by atoms with Gasteiger partial charge in [-0.2, -0.15) is 0 Å². The summed E-state index contributed by atoms with van der Waals surface area (Å²) in [6, 6.07) is 7.45. The zero-order chi connectivity index (χ0) is 14.4. The first kappa shape index (κ1) is 15.2. The summed E-state index contributed by atoms with van der Waals surface area (Å²) >= 11 is 7.11. The van der Waals surface area contributed by atoms with Crippen molar-refractivity contribution in [3.05, 3.63) is 51.4 Å². The average molecular weight is 310 g/mol. The van der Waals surface area contributed by atoms with Crippen LogP contribution in [0.2, 0.25) is 4.34 Å². The Morgan fingerprint density at radius 2 is 2.10 bits per heavy atom. The van der Waals surface area contributed by atoms with E-state index in [-0.39, 0.29) is 5.78 Å². The van der Waals surface area contributed by atoms with Crippen LogP contribution in [-0.4, -0.2) is 23.5 Å². The third-order valence-electron chi connectivity index (χ3n) is 2.91.